The van der Waals surface area contributed by atoms with Gasteiger partial charge in [0.15, 0.2) is 11.5 Å². The molecule has 0 spiro atoms. The normalized spacial score (nSPS) is 9.72. The average molecular weight is 249 g/mol. The molecule has 0 heterocycles. The van der Waals surface area contributed by atoms with Gasteiger partial charge >= 0.3 is 0 Å². The van der Waals surface area contributed by atoms with E-state index in [1.165, 1.54) is 0 Å². The Balaban J connectivity index is 2.67. The zero-order valence-electron chi connectivity index (χ0n) is 11.1. The van der Waals surface area contributed by atoms with E-state index >= 15 is 0 Å². The van der Waals surface area contributed by atoms with Gasteiger partial charge in [-0.25, -0.2) is 0 Å². The Morgan fingerprint density at radius 2 is 1.94 bits per heavy atom. The van der Waals surface area contributed by atoms with Crippen molar-refractivity contribution in [2.75, 3.05) is 20.8 Å². The summed E-state index contributed by atoms with van der Waals surface area (Å²) in [6, 6.07) is 5.45. The molecule has 1 rings (SSSR count). The highest BCUT2D eigenvalue weighted by Gasteiger charge is 2.07. The zero-order chi connectivity index (χ0) is 13.5. The largest absolute Gasteiger partial charge is 0.493 e. The summed E-state index contributed by atoms with van der Waals surface area (Å²) in [6.45, 7) is 6.11. The Bertz CT molecular complexity index is 441. The van der Waals surface area contributed by atoms with Crippen molar-refractivity contribution in [3.8, 4) is 11.5 Å². The highest BCUT2D eigenvalue weighted by atomic mass is 16.5. The molecule has 1 N–H and O–H groups in total. The van der Waals surface area contributed by atoms with Gasteiger partial charge in [-0.05, 0) is 24.6 Å². The smallest absolute Gasteiger partial charge is 0.224 e. The lowest BCUT2D eigenvalue weighted by atomic mass is 10.1. The van der Waals surface area contributed by atoms with Gasteiger partial charge in [0.25, 0.3) is 0 Å². The summed E-state index contributed by atoms with van der Waals surface area (Å²) in [5.74, 6) is 1.25. The molecule has 0 saturated heterocycles. The molecule has 1 amide bonds. The molecule has 4 nitrogen and oxygen atoms in total. The van der Waals surface area contributed by atoms with Crippen molar-refractivity contribution in [1.29, 1.82) is 0 Å². The van der Waals surface area contributed by atoms with Crippen molar-refractivity contribution in [1.82, 2.24) is 5.32 Å². The van der Waals surface area contributed by atoms with Crippen molar-refractivity contribution in [2.24, 2.45) is 0 Å². The molecule has 0 aliphatic carbocycles. The number of carbonyl (C=O) groups is 1. The van der Waals surface area contributed by atoms with Gasteiger partial charge in [0, 0.05) is 6.54 Å². The summed E-state index contributed by atoms with van der Waals surface area (Å²) in [6.07, 6.45) is 0.313. The molecule has 0 aliphatic heterocycles. The van der Waals surface area contributed by atoms with E-state index < -0.39 is 0 Å². The number of ether oxygens (including phenoxy) is 2. The van der Waals surface area contributed by atoms with E-state index in [0.717, 1.165) is 11.1 Å². The number of nitrogens with one attached hydrogen (secondary N) is 1. The topological polar surface area (TPSA) is 47.6 Å². The van der Waals surface area contributed by atoms with Crippen LogP contribution in [0.15, 0.2) is 30.4 Å². The third-order valence-electron chi connectivity index (χ3n) is 2.40. The first kappa shape index (κ1) is 14.1. The predicted molar refractivity (Wildman–Crippen MR) is 71.1 cm³/mol. The maximum absolute atomic E-state index is 11.6. The number of methoxy groups -OCH3 is 2. The van der Waals surface area contributed by atoms with E-state index in [9.17, 15) is 4.79 Å². The highest BCUT2D eigenvalue weighted by Crippen LogP contribution is 2.27. The maximum Gasteiger partial charge on any atom is 0.224 e. The fourth-order valence-electron chi connectivity index (χ4n) is 1.49. The van der Waals surface area contributed by atoms with Gasteiger partial charge < -0.3 is 14.8 Å². The van der Waals surface area contributed by atoms with Crippen LogP contribution in [0.3, 0.4) is 0 Å². The Morgan fingerprint density at radius 3 is 2.50 bits per heavy atom. The fraction of sp³-hybridized carbons (Fsp3) is 0.357. The minimum atomic E-state index is -0.0368. The monoisotopic (exact) mass is 249 g/mol. The maximum atomic E-state index is 11.6. The lowest BCUT2D eigenvalue weighted by Gasteiger charge is -2.09. The standard InChI is InChI=1S/C14H19NO3/c1-10(2)9-15-14(16)8-11-5-6-12(17-3)13(7-11)18-4/h5-7H,1,8-9H2,2-4H3,(H,15,16). The number of rotatable bonds is 6. The second-order valence-electron chi connectivity index (χ2n) is 4.10. The number of carbonyl (C=O) groups excluding carboxylic acids is 1. The van der Waals surface area contributed by atoms with Crippen molar-refractivity contribution >= 4 is 5.91 Å². The third-order valence-corrected chi connectivity index (χ3v) is 2.40. The molecule has 0 radical (unpaired) electrons. The quantitative estimate of drug-likeness (QED) is 0.784. The number of hydrogen-bond donors (Lipinski definition) is 1. The molecule has 0 atom stereocenters. The van der Waals surface area contributed by atoms with Crippen molar-refractivity contribution in [3.63, 3.8) is 0 Å². The van der Waals surface area contributed by atoms with Crippen LogP contribution in [0.25, 0.3) is 0 Å². The summed E-state index contributed by atoms with van der Waals surface area (Å²) in [4.78, 5) is 11.6. The third kappa shape index (κ3) is 4.13. The summed E-state index contributed by atoms with van der Waals surface area (Å²) in [5.41, 5.74) is 1.81. The molecule has 98 valence electrons. The molecule has 1 aromatic rings. The Hall–Kier alpha value is -1.97. The molecule has 0 saturated carbocycles. The molecule has 0 aliphatic rings. The van der Waals surface area contributed by atoms with E-state index in [0.29, 0.717) is 24.5 Å². The second kappa shape index (κ2) is 6.69. The summed E-state index contributed by atoms with van der Waals surface area (Å²) in [5, 5.41) is 2.79. The molecule has 1 aromatic carbocycles. The Morgan fingerprint density at radius 1 is 1.28 bits per heavy atom. The first-order valence-electron chi connectivity index (χ1n) is 5.68. The molecule has 4 heteroatoms. The van der Waals surface area contributed by atoms with Crippen LogP contribution in [0.4, 0.5) is 0 Å². The van der Waals surface area contributed by atoms with Crippen LogP contribution in [0, 0.1) is 0 Å². The minimum absolute atomic E-state index is 0.0368. The molecule has 18 heavy (non-hydrogen) atoms. The number of hydrogen-bond acceptors (Lipinski definition) is 3. The lowest BCUT2D eigenvalue weighted by molar-refractivity contribution is -0.120. The van der Waals surface area contributed by atoms with Crippen molar-refractivity contribution in [2.45, 2.75) is 13.3 Å². The molecule has 0 fully saturated rings. The van der Waals surface area contributed by atoms with E-state index in [1.807, 2.05) is 13.0 Å². The molecule has 0 aromatic heterocycles. The SMILES string of the molecule is C=C(C)CNC(=O)Cc1ccc(OC)c(OC)c1. The van der Waals surface area contributed by atoms with Crippen LogP contribution in [-0.2, 0) is 11.2 Å². The van der Waals surface area contributed by atoms with Crippen LogP contribution in [0.5, 0.6) is 11.5 Å². The van der Waals surface area contributed by atoms with Crippen LogP contribution in [0.2, 0.25) is 0 Å². The van der Waals surface area contributed by atoms with Crippen LogP contribution in [-0.4, -0.2) is 26.7 Å². The van der Waals surface area contributed by atoms with E-state index in [2.05, 4.69) is 11.9 Å². The average Bonchev–Trinajstić information content (AvgIpc) is 2.36. The summed E-state index contributed by atoms with van der Waals surface area (Å²) < 4.78 is 10.3. The van der Waals surface area contributed by atoms with Gasteiger partial charge in [0.2, 0.25) is 5.91 Å². The van der Waals surface area contributed by atoms with Gasteiger partial charge in [0.05, 0.1) is 20.6 Å². The summed E-state index contributed by atoms with van der Waals surface area (Å²) in [7, 11) is 3.15. The second-order valence-corrected chi connectivity index (χ2v) is 4.10. The zero-order valence-corrected chi connectivity index (χ0v) is 11.1. The Labute approximate surface area is 108 Å². The molecular weight excluding hydrogens is 230 g/mol. The van der Waals surface area contributed by atoms with Crippen LogP contribution >= 0.6 is 0 Å². The first-order chi connectivity index (χ1) is 8.56. The van der Waals surface area contributed by atoms with Gasteiger partial charge in [0.1, 0.15) is 0 Å². The van der Waals surface area contributed by atoms with Crippen LogP contribution in [0.1, 0.15) is 12.5 Å². The lowest BCUT2D eigenvalue weighted by Crippen LogP contribution is -2.26. The molecule has 0 unspecified atom stereocenters. The van der Waals surface area contributed by atoms with Crippen LogP contribution < -0.4 is 14.8 Å². The number of benzene rings is 1. The first-order valence-corrected chi connectivity index (χ1v) is 5.68. The Kier molecular flexibility index (Phi) is 5.24. The summed E-state index contributed by atoms with van der Waals surface area (Å²) >= 11 is 0. The predicted octanol–water partition coefficient (Wildman–Crippen LogP) is 1.94. The van der Waals surface area contributed by atoms with E-state index in [-0.39, 0.29) is 5.91 Å². The van der Waals surface area contributed by atoms with Gasteiger partial charge in [-0.1, -0.05) is 18.2 Å². The number of amides is 1. The van der Waals surface area contributed by atoms with Crippen molar-refractivity contribution in [3.05, 3.63) is 35.9 Å². The molecular formula is C14H19NO3. The van der Waals surface area contributed by atoms with Crippen molar-refractivity contribution < 1.29 is 14.3 Å². The molecule has 0 bridgehead atoms. The van der Waals surface area contributed by atoms with E-state index in [4.69, 9.17) is 9.47 Å². The minimum Gasteiger partial charge on any atom is -0.493 e. The highest BCUT2D eigenvalue weighted by molar-refractivity contribution is 5.79. The van der Waals surface area contributed by atoms with Gasteiger partial charge in [-0.2, -0.15) is 0 Å². The fourth-order valence-corrected chi connectivity index (χ4v) is 1.49. The van der Waals surface area contributed by atoms with Gasteiger partial charge in [-0.3, -0.25) is 4.79 Å². The van der Waals surface area contributed by atoms with E-state index in [1.54, 1.807) is 26.4 Å². The van der Waals surface area contributed by atoms with Gasteiger partial charge in [-0.15, -0.1) is 0 Å².